The second kappa shape index (κ2) is 19.9. The molecule has 0 spiro atoms. The van der Waals surface area contributed by atoms with Crippen molar-refractivity contribution in [2.24, 2.45) is 0 Å². The first-order chi connectivity index (χ1) is 46.1. The van der Waals surface area contributed by atoms with Crippen LogP contribution >= 0.6 is 0 Å². The van der Waals surface area contributed by atoms with E-state index in [2.05, 4.69) is 250 Å². The summed E-state index contributed by atoms with van der Waals surface area (Å²) in [5.41, 5.74) is 19.2. The molecule has 0 bridgehead atoms. The third-order valence-electron chi connectivity index (χ3n) is 26.7. The Bertz CT molecular complexity index is 5170. The summed E-state index contributed by atoms with van der Waals surface area (Å²) in [5, 5.41) is 16.0. The summed E-state index contributed by atoms with van der Waals surface area (Å²) < 4.78 is 17.6. The largest absolute Gasteiger partial charge is 0.497 e. The molecule has 6 heteroatoms. The first kappa shape index (κ1) is 57.2. The lowest BCUT2D eigenvalue weighted by Crippen LogP contribution is -2.54. The molecule has 6 unspecified atom stereocenters. The van der Waals surface area contributed by atoms with Crippen molar-refractivity contribution in [2.75, 3.05) is 36.0 Å². The topological polar surface area (TPSA) is 37.4 Å². The fourth-order valence-electron chi connectivity index (χ4n) is 21.2. The molecule has 0 radical (unpaired) electrons. The van der Waals surface area contributed by atoms with Gasteiger partial charge in [-0.25, -0.2) is 0 Å². The molecule has 19 rings (SSSR count). The summed E-state index contributed by atoms with van der Waals surface area (Å²) in [6.45, 7) is 15.3. The van der Waals surface area contributed by atoms with E-state index in [0.717, 1.165) is 49.4 Å². The first-order valence-electron chi connectivity index (χ1n) is 35.3. The van der Waals surface area contributed by atoms with Gasteiger partial charge in [-0.05, 0) is 259 Å². The molecule has 3 fully saturated rings. The maximum atomic E-state index is 5.88. The Hall–Kier alpha value is -9.26. The van der Waals surface area contributed by atoms with Crippen LogP contribution in [0.4, 0.5) is 34.1 Å². The molecule has 3 heterocycles. The third kappa shape index (κ3) is 7.36. The monoisotopic (exact) mass is 1240 g/mol. The normalized spacial score (nSPS) is 25.2. The molecule has 3 aliphatic carbocycles. The van der Waals surface area contributed by atoms with E-state index in [9.17, 15) is 0 Å². The number of hydrogen-bond acceptors (Lipinski definition) is 6. The molecule has 0 N–H and O–H groups in total. The molecule has 3 saturated carbocycles. The number of anilines is 6. The Morgan fingerprint density at radius 1 is 0.274 bits per heavy atom. The Labute approximate surface area is 558 Å². The molecule has 13 aromatic carbocycles. The van der Waals surface area contributed by atoms with Crippen LogP contribution in [0.3, 0.4) is 0 Å². The standard InChI is InChI=1S/C89H83N3O3/c1-84-40-10-13-43-87(84,4)90(57-20-16-23-60(49-57)93-7)78-37-28-54(46-75(78)84)63-31-34-68-72-53-74-70-36-33-65(56-30-39-80-77(48-56)86(3)42-12-15-45-89(86,6)92(80)59-22-18-25-62(51-59)95-9)82-64(32-35-69(83(70)82)73(74)52-71(72)67-27-19-26-66(63)81(67)68)55-29-38-79-76(47-55)85(2)41-11-14-44-88(85,5)91(79)58-21-17-24-61(50-58)94-8/h16-39,46-53H,10-15,40-45H2,1-9H3. The fraction of sp³-hybridized carbons (Fsp3) is 0.303. The van der Waals surface area contributed by atoms with E-state index in [0.29, 0.717) is 0 Å². The molecule has 3 aliphatic heterocycles. The third-order valence-corrected chi connectivity index (χ3v) is 26.7. The molecule has 0 saturated heterocycles. The minimum Gasteiger partial charge on any atom is -0.497 e. The Morgan fingerprint density at radius 2 is 0.600 bits per heavy atom. The van der Waals surface area contributed by atoms with Crippen LogP contribution in [0.1, 0.15) is 135 Å². The van der Waals surface area contributed by atoms with Crippen LogP contribution in [0.25, 0.3) is 98.0 Å². The van der Waals surface area contributed by atoms with Gasteiger partial charge < -0.3 is 28.9 Å². The zero-order valence-electron chi connectivity index (χ0n) is 56.5. The van der Waals surface area contributed by atoms with Crippen LogP contribution in [-0.2, 0) is 16.2 Å². The van der Waals surface area contributed by atoms with Gasteiger partial charge in [-0.3, -0.25) is 0 Å². The van der Waals surface area contributed by atoms with Gasteiger partial charge in [-0.1, -0.05) is 150 Å². The number of rotatable bonds is 9. The predicted octanol–water partition coefficient (Wildman–Crippen LogP) is 23.7. The van der Waals surface area contributed by atoms with Gasteiger partial charge in [-0.2, -0.15) is 0 Å². The van der Waals surface area contributed by atoms with E-state index in [4.69, 9.17) is 14.2 Å². The summed E-state index contributed by atoms with van der Waals surface area (Å²) in [5.74, 6) is 2.68. The highest BCUT2D eigenvalue weighted by Gasteiger charge is 2.60. The summed E-state index contributed by atoms with van der Waals surface area (Å²) in [7, 11) is 5.34. The Morgan fingerprint density at radius 3 is 0.989 bits per heavy atom. The number of hydrogen-bond donors (Lipinski definition) is 0. The first-order valence-corrected chi connectivity index (χ1v) is 35.3. The van der Waals surface area contributed by atoms with Crippen LogP contribution in [0.5, 0.6) is 17.2 Å². The van der Waals surface area contributed by atoms with Crippen LogP contribution in [0, 0.1) is 0 Å². The van der Waals surface area contributed by atoms with Crippen molar-refractivity contribution in [3.05, 3.63) is 211 Å². The van der Waals surface area contributed by atoms with Crippen molar-refractivity contribution < 1.29 is 14.2 Å². The molecule has 95 heavy (non-hydrogen) atoms. The highest BCUT2D eigenvalue weighted by atomic mass is 16.5. The van der Waals surface area contributed by atoms with Gasteiger partial charge in [0.1, 0.15) is 17.2 Å². The van der Waals surface area contributed by atoms with Crippen molar-refractivity contribution in [1.29, 1.82) is 0 Å². The van der Waals surface area contributed by atoms with Crippen molar-refractivity contribution in [2.45, 2.75) is 151 Å². The van der Waals surface area contributed by atoms with Gasteiger partial charge in [-0.15, -0.1) is 0 Å². The molecule has 472 valence electrons. The van der Waals surface area contributed by atoms with Crippen LogP contribution in [0.15, 0.2) is 194 Å². The minimum absolute atomic E-state index is 0.0148. The lowest BCUT2D eigenvalue weighted by Gasteiger charge is -2.50. The Kier molecular flexibility index (Phi) is 12.0. The number of nitrogens with zero attached hydrogens (tertiary/aromatic N) is 3. The molecule has 6 atom stereocenters. The van der Waals surface area contributed by atoms with Gasteiger partial charge >= 0.3 is 0 Å². The van der Waals surface area contributed by atoms with Crippen LogP contribution in [0.2, 0.25) is 0 Å². The second-order valence-corrected chi connectivity index (χ2v) is 30.6. The van der Waals surface area contributed by atoms with Crippen molar-refractivity contribution in [1.82, 2.24) is 0 Å². The van der Waals surface area contributed by atoms with E-state index in [-0.39, 0.29) is 32.9 Å². The molecular formula is C89H83N3O3. The van der Waals surface area contributed by atoms with E-state index < -0.39 is 0 Å². The van der Waals surface area contributed by atoms with Gasteiger partial charge in [0, 0.05) is 68.6 Å². The molecule has 6 aliphatic rings. The second-order valence-electron chi connectivity index (χ2n) is 30.6. The maximum absolute atomic E-state index is 5.88. The van der Waals surface area contributed by atoms with Crippen LogP contribution in [-0.4, -0.2) is 37.9 Å². The molecule has 6 nitrogen and oxygen atoms in total. The lowest BCUT2D eigenvalue weighted by molar-refractivity contribution is 0.195. The minimum atomic E-state index is -0.107. The van der Waals surface area contributed by atoms with Crippen molar-refractivity contribution in [3.8, 4) is 50.6 Å². The zero-order chi connectivity index (χ0) is 64.3. The lowest BCUT2D eigenvalue weighted by atomic mass is 9.61. The molecular weight excluding hydrogens is 1160 g/mol. The summed E-state index contributed by atoms with van der Waals surface area (Å²) in [4.78, 5) is 8.01. The zero-order valence-corrected chi connectivity index (χ0v) is 56.5. The molecule has 13 aromatic rings. The highest BCUT2D eigenvalue weighted by molar-refractivity contribution is 6.39. The average molecular weight is 1240 g/mol. The smallest absolute Gasteiger partial charge is 0.120 e. The average Bonchev–Trinajstić information content (AvgIpc) is 1.55. The van der Waals surface area contributed by atoms with E-state index in [1.807, 2.05) is 0 Å². The van der Waals surface area contributed by atoms with Crippen molar-refractivity contribution in [3.63, 3.8) is 0 Å². The van der Waals surface area contributed by atoms with Crippen molar-refractivity contribution >= 4 is 98.8 Å². The number of benzene rings is 11. The maximum Gasteiger partial charge on any atom is 0.120 e. The summed E-state index contributed by atoms with van der Waals surface area (Å²) in [6.07, 6.45) is 14.2. The highest BCUT2D eigenvalue weighted by Crippen LogP contribution is 2.66. The SMILES string of the molecule is COc1cccc(N2c3ccc(-c4ccc5c6cc7c(cc6c6cccc4c65)c4ccc(-c5ccc6c(c5)C5(C)CCCCC5(C)N6c5cccc(OC)c5)c5c(-c6ccc8c(c6)C6(C)CCCCC6(C)N8c6cccc(OC)c6)ccc7c54)cc3C3(C)CCCCC23C)c1. The number of fused-ring (bicyclic) bond motifs is 15. The molecule has 0 aromatic heterocycles. The quantitative estimate of drug-likeness (QED) is 0.143. The van der Waals surface area contributed by atoms with Gasteiger partial charge in [0.2, 0.25) is 0 Å². The predicted molar refractivity (Wildman–Crippen MR) is 398 cm³/mol. The number of ether oxygens (including phenoxy) is 3. The number of methoxy groups -OCH3 is 3. The van der Waals surface area contributed by atoms with E-state index in [1.165, 1.54) is 194 Å². The molecule has 0 amide bonds. The van der Waals surface area contributed by atoms with Gasteiger partial charge in [0.15, 0.2) is 0 Å². The fourth-order valence-corrected chi connectivity index (χ4v) is 21.2. The van der Waals surface area contributed by atoms with Gasteiger partial charge in [0.05, 0.1) is 37.9 Å². The summed E-state index contributed by atoms with van der Waals surface area (Å²) in [6, 6.07) is 75.7. The summed E-state index contributed by atoms with van der Waals surface area (Å²) >= 11 is 0. The van der Waals surface area contributed by atoms with E-state index >= 15 is 0 Å². The van der Waals surface area contributed by atoms with E-state index in [1.54, 1.807) is 21.3 Å². The van der Waals surface area contributed by atoms with Crippen LogP contribution < -0.4 is 28.9 Å². The Balaban J connectivity index is 0.807. The van der Waals surface area contributed by atoms with Gasteiger partial charge in [0.25, 0.3) is 0 Å².